The number of hydrogen-bond acceptors (Lipinski definition) is 0. The average Bonchev–Trinajstić information content (AvgIpc) is 1.96. The Morgan fingerprint density at radius 1 is 1.00 bits per heavy atom. The molecule has 0 saturated heterocycles. The average molecular weight is 221 g/mol. The normalized spacial score (nSPS) is 6.88. The third kappa shape index (κ3) is 4.38. The quantitative estimate of drug-likeness (QED) is 0.465. The Labute approximate surface area is 64.8 Å². The van der Waals surface area contributed by atoms with Gasteiger partial charge in [-0.2, -0.15) is 36.4 Å². The number of benzene rings is 1. The summed E-state index contributed by atoms with van der Waals surface area (Å²) in [5.41, 5.74) is 0. The SMILES string of the molecule is [Cu+][Br].[c-]1ccccc1. The van der Waals surface area contributed by atoms with Gasteiger partial charge in [-0.25, -0.2) is 0 Å². The number of hydrogen-bond donors (Lipinski definition) is 0. The van der Waals surface area contributed by atoms with Crippen LogP contribution in [0.5, 0.6) is 0 Å². The molecule has 0 radical (unpaired) electrons. The first-order chi connectivity index (χ1) is 4.00. The summed E-state index contributed by atoms with van der Waals surface area (Å²) >= 11 is 6.50. The zero-order chi connectivity index (χ0) is 6.24. The van der Waals surface area contributed by atoms with E-state index >= 15 is 0 Å². The summed E-state index contributed by atoms with van der Waals surface area (Å²) in [5.74, 6) is 0. The van der Waals surface area contributed by atoms with E-state index in [1.54, 1.807) is 0 Å². The van der Waals surface area contributed by atoms with Crippen molar-refractivity contribution in [2.45, 2.75) is 0 Å². The molecule has 0 spiro atoms. The Morgan fingerprint density at radius 2 is 1.50 bits per heavy atom. The van der Waals surface area contributed by atoms with Crippen LogP contribution in [0.15, 0.2) is 30.3 Å². The van der Waals surface area contributed by atoms with Gasteiger partial charge >= 0.3 is 28.3 Å². The van der Waals surface area contributed by atoms with Crippen LogP contribution < -0.4 is 0 Å². The maximum atomic E-state index is 4.00. The van der Waals surface area contributed by atoms with Gasteiger partial charge in [0.05, 0.1) is 0 Å². The number of rotatable bonds is 0. The molecule has 0 aromatic heterocycles. The van der Waals surface area contributed by atoms with Crippen molar-refractivity contribution in [1.82, 2.24) is 0 Å². The van der Waals surface area contributed by atoms with Gasteiger partial charge in [0, 0.05) is 0 Å². The van der Waals surface area contributed by atoms with Gasteiger partial charge in [-0.05, 0) is 0 Å². The second kappa shape index (κ2) is 7.22. The molecule has 0 amide bonds. The Hall–Kier alpha value is 0.219. The van der Waals surface area contributed by atoms with Crippen LogP contribution in [0.4, 0.5) is 0 Å². The molecule has 0 bridgehead atoms. The Bertz CT molecular complexity index is 80.5. The number of halogens is 1. The Morgan fingerprint density at radius 3 is 1.62 bits per heavy atom. The van der Waals surface area contributed by atoms with Crippen LogP contribution in [0.25, 0.3) is 0 Å². The smallest absolute Gasteiger partial charge is 0.171 e. The van der Waals surface area contributed by atoms with E-state index in [1.807, 2.05) is 30.3 Å². The predicted octanol–water partition coefficient (Wildman–Crippen LogP) is 2.33. The van der Waals surface area contributed by atoms with Gasteiger partial charge in [-0.3, -0.25) is 0 Å². The van der Waals surface area contributed by atoms with Crippen LogP contribution in [-0.4, -0.2) is 0 Å². The topological polar surface area (TPSA) is 0 Å². The molecule has 0 heterocycles. The van der Waals surface area contributed by atoms with Crippen LogP contribution in [0.3, 0.4) is 0 Å². The summed E-state index contributed by atoms with van der Waals surface area (Å²) in [6.45, 7) is 0. The van der Waals surface area contributed by atoms with Gasteiger partial charge in [0.2, 0.25) is 0 Å². The monoisotopic (exact) mass is 219 g/mol. The zero-order valence-electron chi connectivity index (χ0n) is 4.07. The molecule has 47 valence electrons. The minimum Gasteiger partial charge on any atom is -0.184 e. The third-order valence-electron chi connectivity index (χ3n) is 0.607. The molecule has 0 N–H and O–H groups in total. The molecule has 0 unspecified atom stereocenters. The van der Waals surface area contributed by atoms with E-state index < -0.39 is 0 Å². The summed E-state index contributed by atoms with van der Waals surface area (Å²) < 4.78 is 0. The van der Waals surface area contributed by atoms with Gasteiger partial charge in [-0.15, -0.1) is 0 Å². The first kappa shape index (κ1) is 8.22. The molecule has 0 saturated carbocycles. The van der Waals surface area contributed by atoms with Crippen molar-refractivity contribution in [1.29, 1.82) is 0 Å². The van der Waals surface area contributed by atoms with Crippen molar-refractivity contribution in [2.24, 2.45) is 0 Å². The molecule has 0 atom stereocenters. The first-order valence-electron chi connectivity index (χ1n) is 2.02. The fourth-order valence-electron chi connectivity index (χ4n) is 0.342. The van der Waals surface area contributed by atoms with Crippen LogP contribution in [-0.2, 0) is 14.2 Å². The second-order valence-corrected chi connectivity index (χ2v) is 1.08. The van der Waals surface area contributed by atoms with E-state index in [1.165, 1.54) is 0 Å². The summed E-state index contributed by atoms with van der Waals surface area (Å²) in [6.07, 6.45) is 0. The maximum Gasteiger partial charge on any atom is -0.171 e. The molecule has 1 aromatic carbocycles. The molecule has 1 aromatic rings. The molecular weight excluding hydrogens is 216 g/mol. The maximum absolute atomic E-state index is 4.00. The minimum absolute atomic E-state index is 1.88. The van der Waals surface area contributed by atoms with E-state index in [2.05, 4.69) is 34.4 Å². The van der Waals surface area contributed by atoms with Gasteiger partial charge in [0.25, 0.3) is 0 Å². The van der Waals surface area contributed by atoms with E-state index in [4.69, 9.17) is 0 Å². The Balaban J connectivity index is 0.000000222. The summed E-state index contributed by atoms with van der Waals surface area (Å²) in [7, 11) is 0. The van der Waals surface area contributed by atoms with E-state index in [0.717, 1.165) is 0 Å². The van der Waals surface area contributed by atoms with Gasteiger partial charge < -0.3 is 0 Å². The van der Waals surface area contributed by atoms with E-state index in [-0.39, 0.29) is 0 Å². The van der Waals surface area contributed by atoms with Crippen molar-refractivity contribution in [3.63, 3.8) is 0 Å². The van der Waals surface area contributed by atoms with Crippen LogP contribution >= 0.6 is 14.1 Å². The summed E-state index contributed by atoms with van der Waals surface area (Å²) in [4.78, 5) is 0. The second-order valence-electron chi connectivity index (χ2n) is 1.08. The van der Waals surface area contributed by atoms with Crippen LogP contribution in [0.2, 0.25) is 0 Å². The van der Waals surface area contributed by atoms with Crippen LogP contribution in [0.1, 0.15) is 0 Å². The molecule has 1 rings (SSSR count). The molecule has 2 heteroatoms. The molecule has 0 aliphatic rings. The molecule has 0 aliphatic heterocycles. The third-order valence-corrected chi connectivity index (χ3v) is 0.607. The van der Waals surface area contributed by atoms with Gasteiger partial charge in [0.1, 0.15) is 0 Å². The van der Waals surface area contributed by atoms with Crippen molar-refractivity contribution in [3.05, 3.63) is 36.4 Å². The largest absolute Gasteiger partial charge is 0.184 e. The first-order valence-corrected chi connectivity index (χ1v) is 4.35. The standard InChI is InChI=1S/C6H5.BrH.Cu/c1-2-4-6-5-3-1;;/h1-5H;1H;/q-1;;+2/p-1. The van der Waals surface area contributed by atoms with Crippen molar-refractivity contribution in [2.75, 3.05) is 0 Å². The fourth-order valence-corrected chi connectivity index (χ4v) is 0.342. The van der Waals surface area contributed by atoms with Crippen molar-refractivity contribution < 1.29 is 14.2 Å². The van der Waals surface area contributed by atoms with E-state index in [0.29, 0.717) is 0 Å². The zero-order valence-corrected chi connectivity index (χ0v) is 6.59. The summed E-state index contributed by atoms with van der Waals surface area (Å²) in [5, 5.41) is 0. The summed E-state index contributed by atoms with van der Waals surface area (Å²) in [6, 6.07) is 12.5. The minimum atomic E-state index is 1.88. The van der Waals surface area contributed by atoms with E-state index in [9.17, 15) is 0 Å². The van der Waals surface area contributed by atoms with Crippen molar-refractivity contribution in [3.8, 4) is 0 Å². The van der Waals surface area contributed by atoms with Crippen LogP contribution in [0, 0.1) is 6.07 Å². The van der Waals surface area contributed by atoms with Gasteiger partial charge in [0.15, 0.2) is 0 Å². The van der Waals surface area contributed by atoms with Crippen molar-refractivity contribution >= 4 is 14.1 Å². The molecule has 0 nitrogen and oxygen atoms in total. The Kier molecular flexibility index (Phi) is 7.42. The molecular formula is C6H5BrCu. The predicted molar refractivity (Wildman–Crippen MR) is 34.2 cm³/mol. The molecule has 0 aliphatic carbocycles. The van der Waals surface area contributed by atoms with Gasteiger partial charge in [-0.1, -0.05) is 0 Å². The molecule has 8 heavy (non-hydrogen) atoms. The fraction of sp³-hybridized carbons (Fsp3) is 0. The molecule has 0 fully saturated rings.